The summed E-state index contributed by atoms with van der Waals surface area (Å²) in [6, 6.07) is 4.76. The molecule has 0 amide bonds. The summed E-state index contributed by atoms with van der Waals surface area (Å²) in [5.74, 6) is -0.912. The standard InChI is InChI=1S/C11H11F2N3O/c1-16-11(14)5-8(15-16)6-17-10-3-2-7(12)4-9(10)13/h2-5H,6,14H2,1H3. The van der Waals surface area contributed by atoms with Crippen molar-refractivity contribution in [3.8, 4) is 5.75 Å². The van der Waals surface area contributed by atoms with Crippen LogP contribution < -0.4 is 10.5 Å². The van der Waals surface area contributed by atoms with E-state index < -0.39 is 11.6 Å². The molecule has 0 aliphatic carbocycles. The van der Waals surface area contributed by atoms with Crippen molar-refractivity contribution in [1.82, 2.24) is 9.78 Å². The summed E-state index contributed by atoms with van der Waals surface area (Å²) in [4.78, 5) is 0. The molecule has 0 bridgehead atoms. The summed E-state index contributed by atoms with van der Waals surface area (Å²) < 4.78 is 32.5. The quantitative estimate of drug-likeness (QED) is 0.889. The summed E-state index contributed by atoms with van der Waals surface area (Å²) in [6.07, 6.45) is 0. The SMILES string of the molecule is Cn1nc(COc2ccc(F)cc2F)cc1N. The summed E-state index contributed by atoms with van der Waals surface area (Å²) in [5, 5.41) is 4.04. The number of aromatic nitrogens is 2. The Morgan fingerprint density at radius 1 is 1.35 bits per heavy atom. The second kappa shape index (κ2) is 4.40. The van der Waals surface area contributed by atoms with Crippen LogP contribution in [-0.2, 0) is 13.7 Å². The van der Waals surface area contributed by atoms with Crippen LogP contribution in [0.4, 0.5) is 14.6 Å². The molecule has 0 saturated heterocycles. The predicted octanol–water partition coefficient (Wildman–Crippen LogP) is 1.86. The molecule has 4 nitrogen and oxygen atoms in total. The van der Waals surface area contributed by atoms with Crippen LogP contribution >= 0.6 is 0 Å². The highest BCUT2D eigenvalue weighted by Crippen LogP contribution is 2.19. The Hall–Kier alpha value is -2.11. The van der Waals surface area contributed by atoms with Crippen molar-refractivity contribution in [2.75, 3.05) is 5.73 Å². The van der Waals surface area contributed by atoms with Crippen LogP contribution in [0, 0.1) is 11.6 Å². The van der Waals surface area contributed by atoms with Gasteiger partial charge in [0.25, 0.3) is 0 Å². The molecular formula is C11H11F2N3O. The van der Waals surface area contributed by atoms with Crippen LogP contribution in [0.25, 0.3) is 0 Å². The lowest BCUT2D eigenvalue weighted by atomic mass is 10.3. The van der Waals surface area contributed by atoms with E-state index in [0.717, 1.165) is 12.1 Å². The minimum atomic E-state index is -0.742. The highest BCUT2D eigenvalue weighted by Gasteiger charge is 2.07. The normalized spacial score (nSPS) is 10.5. The largest absolute Gasteiger partial charge is 0.484 e. The number of aryl methyl sites for hydroxylation is 1. The maximum Gasteiger partial charge on any atom is 0.167 e. The molecule has 0 unspecified atom stereocenters. The maximum atomic E-state index is 13.2. The molecule has 6 heteroatoms. The number of benzene rings is 1. The lowest BCUT2D eigenvalue weighted by Crippen LogP contribution is -2.00. The third kappa shape index (κ3) is 2.52. The average Bonchev–Trinajstić information content (AvgIpc) is 2.57. The van der Waals surface area contributed by atoms with E-state index in [2.05, 4.69) is 5.10 Å². The van der Waals surface area contributed by atoms with E-state index in [1.807, 2.05) is 0 Å². The van der Waals surface area contributed by atoms with Gasteiger partial charge in [0.2, 0.25) is 0 Å². The third-order valence-corrected chi connectivity index (χ3v) is 2.24. The van der Waals surface area contributed by atoms with Crippen LogP contribution in [0.15, 0.2) is 24.3 Å². The van der Waals surface area contributed by atoms with E-state index in [-0.39, 0.29) is 12.4 Å². The van der Waals surface area contributed by atoms with Crippen LogP contribution in [0.2, 0.25) is 0 Å². The Kier molecular flexibility index (Phi) is 2.95. The van der Waals surface area contributed by atoms with E-state index in [1.165, 1.54) is 10.7 Å². The first-order chi connectivity index (χ1) is 8.06. The van der Waals surface area contributed by atoms with E-state index in [9.17, 15) is 8.78 Å². The first-order valence-electron chi connectivity index (χ1n) is 4.92. The molecular weight excluding hydrogens is 228 g/mol. The van der Waals surface area contributed by atoms with Crippen LogP contribution in [0.3, 0.4) is 0 Å². The molecule has 0 saturated carbocycles. The van der Waals surface area contributed by atoms with E-state index in [0.29, 0.717) is 11.5 Å². The molecule has 0 radical (unpaired) electrons. The van der Waals surface area contributed by atoms with Crippen molar-refractivity contribution in [3.05, 3.63) is 41.6 Å². The van der Waals surface area contributed by atoms with Crippen molar-refractivity contribution in [3.63, 3.8) is 0 Å². The number of nitrogens with two attached hydrogens (primary N) is 1. The number of hydrogen-bond acceptors (Lipinski definition) is 3. The van der Waals surface area contributed by atoms with Crippen molar-refractivity contribution in [2.24, 2.45) is 7.05 Å². The van der Waals surface area contributed by atoms with Crippen LogP contribution in [0.1, 0.15) is 5.69 Å². The molecule has 90 valence electrons. The van der Waals surface area contributed by atoms with Gasteiger partial charge in [0.05, 0.1) is 0 Å². The molecule has 2 N–H and O–H groups in total. The Morgan fingerprint density at radius 2 is 2.12 bits per heavy atom. The maximum absolute atomic E-state index is 13.2. The Balaban J connectivity index is 2.07. The van der Waals surface area contributed by atoms with Crippen LogP contribution in [-0.4, -0.2) is 9.78 Å². The van der Waals surface area contributed by atoms with Crippen molar-refractivity contribution >= 4 is 5.82 Å². The second-order valence-corrected chi connectivity index (χ2v) is 3.55. The molecule has 0 fully saturated rings. The minimum Gasteiger partial charge on any atom is -0.484 e. The first-order valence-corrected chi connectivity index (χ1v) is 4.92. The number of halogens is 2. The second-order valence-electron chi connectivity index (χ2n) is 3.55. The van der Waals surface area contributed by atoms with Gasteiger partial charge in [0, 0.05) is 19.2 Å². The molecule has 0 aliphatic rings. The number of ether oxygens (including phenoxy) is 1. The number of rotatable bonds is 3. The van der Waals surface area contributed by atoms with Gasteiger partial charge in [-0.1, -0.05) is 0 Å². The topological polar surface area (TPSA) is 53.1 Å². The zero-order valence-electron chi connectivity index (χ0n) is 9.15. The smallest absolute Gasteiger partial charge is 0.167 e. The summed E-state index contributed by atoms with van der Waals surface area (Å²) in [6.45, 7) is 0.0770. The highest BCUT2D eigenvalue weighted by molar-refractivity contribution is 5.30. The molecule has 1 heterocycles. The van der Waals surface area contributed by atoms with Crippen molar-refractivity contribution in [2.45, 2.75) is 6.61 Å². The van der Waals surface area contributed by atoms with Gasteiger partial charge >= 0.3 is 0 Å². The van der Waals surface area contributed by atoms with E-state index in [1.54, 1.807) is 13.1 Å². The highest BCUT2D eigenvalue weighted by atomic mass is 19.1. The van der Waals surface area contributed by atoms with Gasteiger partial charge in [-0.05, 0) is 12.1 Å². The summed E-state index contributed by atoms with van der Waals surface area (Å²) >= 11 is 0. The molecule has 1 aromatic heterocycles. The van der Waals surface area contributed by atoms with Crippen molar-refractivity contribution in [1.29, 1.82) is 0 Å². The number of hydrogen-bond donors (Lipinski definition) is 1. The molecule has 2 rings (SSSR count). The van der Waals surface area contributed by atoms with Gasteiger partial charge in [-0.3, -0.25) is 4.68 Å². The fourth-order valence-electron chi connectivity index (χ4n) is 1.36. The van der Waals surface area contributed by atoms with Gasteiger partial charge in [0.1, 0.15) is 23.9 Å². The minimum absolute atomic E-state index is 0.0179. The van der Waals surface area contributed by atoms with Crippen LogP contribution in [0.5, 0.6) is 5.75 Å². The number of nitrogen functional groups attached to an aromatic ring is 1. The van der Waals surface area contributed by atoms with Gasteiger partial charge in [-0.2, -0.15) is 5.10 Å². The lowest BCUT2D eigenvalue weighted by Gasteiger charge is -2.04. The zero-order valence-corrected chi connectivity index (χ0v) is 9.15. The average molecular weight is 239 g/mol. The molecule has 2 aromatic rings. The molecule has 0 aliphatic heterocycles. The molecule has 17 heavy (non-hydrogen) atoms. The summed E-state index contributed by atoms with van der Waals surface area (Å²) in [5.41, 5.74) is 6.16. The fourth-order valence-corrected chi connectivity index (χ4v) is 1.36. The zero-order chi connectivity index (χ0) is 12.4. The number of anilines is 1. The number of nitrogens with zero attached hydrogens (tertiary/aromatic N) is 2. The van der Waals surface area contributed by atoms with Gasteiger partial charge < -0.3 is 10.5 Å². The van der Waals surface area contributed by atoms with E-state index >= 15 is 0 Å². The Morgan fingerprint density at radius 3 is 2.71 bits per heavy atom. The lowest BCUT2D eigenvalue weighted by molar-refractivity contribution is 0.284. The predicted molar refractivity (Wildman–Crippen MR) is 58.3 cm³/mol. The molecule has 1 aromatic carbocycles. The van der Waals surface area contributed by atoms with Gasteiger partial charge in [-0.15, -0.1) is 0 Å². The third-order valence-electron chi connectivity index (χ3n) is 2.24. The fraction of sp³-hybridized carbons (Fsp3) is 0.182. The van der Waals surface area contributed by atoms with Crippen molar-refractivity contribution < 1.29 is 13.5 Å². The Labute approximate surface area is 96.6 Å². The van der Waals surface area contributed by atoms with Gasteiger partial charge in [-0.25, -0.2) is 8.78 Å². The van der Waals surface area contributed by atoms with E-state index in [4.69, 9.17) is 10.5 Å². The monoisotopic (exact) mass is 239 g/mol. The molecule has 0 spiro atoms. The van der Waals surface area contributed by atoms with Gasteiger partial charge in [0.15, 0.2) is 11.6 Å². The molecule has 0 atom stereocenters. The first kappa shape index (κ1) is 11.4. The Bertz CT molecular complexity index is 520. The summed E-state index contributed by atoms with van der Waals surface area (Å²) in [7, 11) is 1.69.